The molecular formula is C14H20N2O2. The number of nitrogen functional groups attached to an aromatic ring is 1. The summed E-state index contributed by atoms with van der Waals surface area (Å²) < 4.78 is 5.46. The Morgan fingerprint density at radius 1 is 1.56 bits per heavy atom. The molecule has 98 valence electrons. The zero-order valence-electron chi connectivity index (χ0n) is 10.9. The van der Waals surface area contributed by atoms with Crippen LogP contribution in [0.5, 0.6) is 5.75 Å². The Kier molecular flexibility index (Phi) is 3.75. The van der Waals surface area contributed by atoms with E-state index in [1.807, 2.05) is 13.8 Å². The Hall–Kier alpha value is -1.71. The molecule has 1 aliphatic rings. The zero-order valence-corrected chi connectivity index (χ0v) is 10.9. The molecular weight excluding hydrogens is 228 g/mol. The van der Waals surface area contributed by atoms with Crippen LogP contribution in [0.2, 0.25) is 0 Å². The number of hydrogen-bond donors (Lipinski definition) is 2. The Morgan fingerprint density at radius 2 is 2.28 bits per heavy atom. The number of nitrogens with two attached hydrogens (primary N) is 1. The predicted octanol–water partition coefficient (Wildman–Crippen LogP) is 2.20. The van der Waals surface area contributed by atoms with Crippen molar-refractivity contribution in [2.75, 3.05) is 12.3 Å². The topological polar surface area (TPSA) is 64.3 Å². The molecule has 3 N–H and O–H groups in total. The van der Waals surface area contributed by atoms with Crippen molar-refractivity contribution < 1.29 is 9.53 Å². The van der Waals surface area contributed by atoms with E-state index in [1.54, 1.807) is 18.2 Å². The Balaban J connectivity index is 2.16. The first-order chi connectivity index (χ1) is 8.63. The first-order valence-electron chi connectivity index (χ1n) is 6.45. The zero-order chi connectivity index (χ0) is 13.1. The molecule has 1 unspecified atom stereocenters. The van der Waals surface area contributed by atoms with Crippen LogP contribution in [0, 0.1) is 5.92 Å². The van der Waals surface area contributed by atoms with Gasteiger partial charge in [-0.15, -0.1) is 0 Å². The molecule has 1 aromatic rings. The molecule has 0 saturated heterocycles. The van der Waals surface area contributed by atoms with Crippen molar-refractivity contribution in [3.63, 3.8) is 0 Å². The summed E-state index contributed by atoms with van der Waals surface area (Å²) in [6, 6.07) is 5.49. The summed E-state index contributed by atoms with van der Waals surface area (Å²) in [6.07, 6.45) is 2.40. The molecule has 0 bridgehead atoms. The molecule has 0 aromatic heterocycles. The van der Waals surface area contributed by atoms with Gasteiger partial charge < -0.3 is 15.8 Å². The van der Waals surface area contributed by atoms with Crippen LogP contribution in [0.15, 0.2) is 18.2 Å². The van der Waals surface area contributed by atoms with Crippen molar-refractivity contribution in [2.24, 2.45) is 5.92 Å². The lowest BCUT2D eigenvalue weighted by Gasteiger charge is -2.16. The van der Waals surface area contributed by atoms with E-state index in [2.05, 4.69) is 5.32 Å². The lowest BCUT2D eigenvalue weighted by atomic mass is 10.1. The summed E-state index contributed by atoms with van der Waals surface area (Å²) in [6.45, 7) is 4.44. The second kappa shape index (κ2) is 5.29. The van der Waals surface area contributed by atoms with E-state index in [0.29, 0.717) is 29.5 Å². The molecule has 1 atom stereocenters. The third-order valence-electron chi connectivity index (χ3n) is 3.27. The van der Waals surface area contributed by atoms with Gasteiger partial charge in [0.2, 0.25) is 0 Å². The van der Waals surface area contributed by atoms with Gasteiger partial charge in [0, 0.05) is 11.7 Å². The van der Waals surface area contributed by atoms with Crippen LogP contribution in [0.25, 0.3) is 0 Å². The van der Waals surface area contributed by atoms with Gasteiger partial charge in [-0.05, 0) is 44.7 Å². The van der Waals surface area contributed by atoms with Gasteiger partial charge in [-0.3, -0.25) is 4.79 Å². The summed E-state index contributed by atoms with van der Waals surface area (Å²) in [4.78, 5) is 12.2. The maximum atomic E-state index is 12.2. The number of carbonyl (C=O) groups is 1. The van der Waals surface area contributed by atoms with Crippen LogP contribution in [-0.4, -0.2) is 18.6 Å². The number of carbonyl (C=O) groups excluding carboxylic acids is 1. The van der Waals surface area contributed by atoms with Crippen LogP contribution in [0.4, 0.5) is 5.69 Å². The second-order valence-electron chi connectivity index (χ2n) is 4.75. The summed E-state index contributed by atoms with van der Waals surface area (Å²) in [5, 5.41) is 3.00. The van der Waals surface area contributed by atoms with E-state index in [-0.39, 0.29) is 11.9 Å². The number of nitrogens with one attached hydrogen (secondary N) is 1. The quantitative estimate of drug-likeness (QED) is 0.785. The van der Waals surface area contributed by atoms with Gasteiger partial charge in [-0.25, -0.2) is 0 Å². The highest BCUT2D eigenvalue weighted by Crippen LogP contribution is 2.33. The minimum absolute atomic E-state index is 0.143. The number of anilines is 1. The smallest absolute Gasteiger partial charge is 0.257 e. The number of rotatable bonds is 5. The first-order valence-corrected chi connectivity index (χ1v) is 6.45. The van der Waals surface area contributed by atoms with E-state index in [9.17, 15) is 4.79 Å². The molecule has 1 fully saturated rings. The fourth-order valence-electron chi connectivity index (χ4n) is 2.06. The molecule has 0 radical (unpaired) electrons. The van der Waals surface area contributed by atoms with Crippen molar-refractivity contribution >= 4 is 11.6 Å². The lowest BCUT2D eigenvalue weighted by molar-refractivity contribution is 0.0933. The Labute approximate surface area is 108 Å². The van der Waals surface area contributed by atoms with Gasteiger partial charge in [-0.2, -0.15) is 0 Å². The Morgan fingerprint density at radius 3 is 2.89 bits per heavy atom. The van der Waals surface area contributed by atoms with Gasteiger partial charge in [0.25, 0.3) is 5.91 Å². The third-order valence-corrected chi connectivity index (χ3v) is 3.27. The Bertz CT molecular complexity index is 441. The van der Waals surface area contributed by atoms with Crippen molar-refractivity contribution in [3.8, 4) is 5.75 Å². The number of ether oxygens (including phenoxy) is 1. The fraction of sp³-hybridized carbons (Fsp3) is 0.500. The number of amides is 1. The lowest BCUT2D eigenvalue weighted by Crippen LogP contribution is -2.34. The van der Waals surface area contributed by atoms with Crippen molar-refractivity contribution in [3.05, 3.63) is 23.8 Å². The van der Waals surface area contributed by atoms with E-state index in [4.69, 9.17) is 10.5 Å². The normalized spacial score (nSPS) is 16.1. The molecule has 1 amide bonds. The molecule has 4 heteroatoms. The highest BCUT2D eigenvalue weighted by Gasteiger charge is 2.30. The van der Waals surface area contributed by atoms with E-state index < -0.39 is 0 Å². The van der Waals surface area contributed by atoms with Crippen molar-refractivity contribution in [2.45, 2.75) is 32.7 Å². The summed E-state index contributed by atoms with van der Waals surface area (Å²) >= 11 is 0. The van der Waals surface area contributed by atoms with Crippen LogP contribution in [0.3, 0.4) is 0 Å². The molecule has 0 spiro atoms. The fourth-order valence-corrected chi connectivity index (χ4v) is 2.06. The summed E-state index contributed by atoms with van der Waals surface area (Å²) in [5.41, 5.74) is 6.79. The maximum absolute atomic E-state index is 12.2. The highest BCUT2D eigenvalue weighted by molar-refractivity contribution is 6.02. The van der Waals surface area contributed by atoms with Crippen LogP contribution >= 0.6 is 0 Å². The molecule has 0 heterocycles. The highest BCUT2D eigenvalue weighted by atomic mass is 16.5. The number of hydrogen-bond acceptors (Lipinski definition) is 3. The van der Waals surface area contributed by atoms with Gasteiger partial charge >= 0.3 is 0 Å². The summed E-state index contributed by atoms with van der Waals surface area (Å²) in [7, 11) is 0. The van der Waals surface area contributed by atoms with Gasteiger partial charge in [0.05, 0.1) is 6.61 Å². The monoisotopic (exact) mass is 248 g/mol. The molecule has 18 heavy (non-hydrogen) atoms. The van der Waals surface area contributed by atoms with Gasteiger partial charge in [-0.1, -0.05) is 6.07 Å². The van der Waals surface area contributed by atoms with Crippen molar-refractivity contribution in [1.82, 2.24) is 5.32 Å². The minimum Gasteiger partial charge on any atom is -0.493 e. The molecule has 1 saturated carbocycles. The van der Waals surface area contributed by atoms with E-state index in [0.717, 1.165) is 0 Å². The summed E-state index contributed by atoms with van der Waals surface area (Å²) in [5.74, 6) is 1.03. The number of benzene rings is 1. The largest absolute Gasteiger partial charge is 0.493 e. The minimum atomic E-state index is -0.143. The second-order valence-corrected chi connectivity index (χ2v) is 4.75. The van der Waals surface area contributed by atoms with Gasteiger partial charge in [0.1, 0.15) is 11.3 Å². The molecule has 1 aliphatic carbocycles. The molecule has 2 rings (SSSR count). The maximum Gasteiger partial charge on any atom is 0.257 e. The average Bonchev–Trinajstić information content (AvgIpc) is 3.13. The first kappa shape index (κ1) is 12.7. The third kappa shape index (κ3) is 2.75. The SMILES string of the molecule is CCOc1cccc(N)c1C(=O)NC(C)C1CC1. The van der Waals surface area contributed by atoms with Crippen LogP contribution < -0.4 is 15.8 Å². The van der Waals surface area contributed by atoms with Gasteiger partial charge in [0.15, 0.2) is 0 Å². The predicted molar refractivity (Wildman–Crippen MR) is 71.7 cm³/mol. The molecule has 4 nitrogen and oxygen atoms in total. The van der Waals surface area contributed by atoms with E-state index in [1.165, 1.54) is 12.8 Å². The van der Waals surface area contributed by atoms with Crippen LogP contribution in [0.1, 0.15) is 37.0 Å². The molecule has 1 aromatic carbocycles. The van der Waals surface area contributed by atoms with Crippen LogP contribution in [-0.2, 0) is 0 Å². The van der Waals surface area contributed by atoms with Crippen molar-refractivity contribution in [1.29, 1.82) is 0 Å². The molecule has 0 aliphatic heterocycles. The van der Waals surface area contributed by atoms with E-state index >= 15 is 0 Å². The standard InChI is InChI=1S/C14H20N2O2/c1-3-18-12-6-4-5-11(15)13(12)14(17)16-9(2)10-7-8-10/h4-6,9-10H,3,7-8,15H2,1-2H3,(H,16,17). The average molecular weight is 248 g/mol.